The van der Waals surface area contributed by atoms with Crippen molar-refractivity contribution in [3.8, 4) is 0 Å². The van der Waals surface area contributed by atoms with E-state index in [4.69, 9.17) is 5.73 Å². The molecule has 10 heavy (non-hydrogen) atoms. The standard InChI is InChI=1S/C8H10IN/c1-6(9)7-3-2-4-8(10)5-7/h2-6H,10H2,1H3/t6-/m0/s1. The van der Waals surface area contributed by atoms with Gasteiger partial charge in [0.15, 0.2) is 0 Å². The highest BCUT2D eigenvalue weighted by atomic mass is 127. The summed E-state index contributed by atoms with van der Waals surface area (Å²) < 4.78 is 0.543. The number of nitrogen functional groups attached to an aromatic ring is 1. The summed E-state index contributed by atoms with van der Waals surface area (Å²) in [6.07, 6.45) is 0. The van der Waals surface area contributed by atoms with Crippen LogP contribution in [0.5, 0.6) is 0 Å². The van der Waals surface area contributed by atoms with E-state index in [0.717, 1.165) is 5.69 Å². The quantitative estimate of drug-likeness (QED) is 0.461. The number of halogens is 1. The lowest BCUT2D eigenvalue weighted by molar-refractivity contribution is 1.15. The van der Waals surface area contributed by atoms with E-state index in [-0.39, 0.29) is 0 Å². The number of nitrogens with two attached hydrogens (primary N) is 1. The number of hydrogen-bond acceptors (Lipinski definition) is 1. The molecule has 0 aliphatic carbocycles. The summed E-state index contributed by atoms with van der Waals surface area (Å²) in [5.41, 5.74) is 7.73. The third-order valence-electron chi connectivity index (χ3n) is 1.37. The molecule has 0 saturated carbocycles. The van der Waals surface area contributed by atoms with Crippen LogP contribution in [0.15, 0.2) is 24.3 Å². The Morgan fingerprint density at radius 3 is 2.60 bits per heavy atom. The van der Waals surface area contributed by atoms with Crippen LogP contribution in [-0.4, -0.2) is 0 Å². The summed E-state index contributed by atoms with van der Waals surface area (Å²) in [4.78, 5) is 0. The number of benzene rings is 1. The second kappa shape index (κ2) is 3.23. The zero-order valence-corrected chi connectivity index (χ0v) is 8.00. The molecule has 0 heterocycles. The number of alkyl halides is 1. The van der Waals surface area contributed by atoms with Crippen molar-refractivity contribution < 1.29 is 0 Å². The molecule has 0 spiro atoms. The molecule has 2 N–H and O–H groups in total. The van der Waals surface area contributed by atoms with Gasteiger partial charge in [-0.3, -0.25) is 0 Å². The third-order valence-corrected chi connectivity index (χ3v) is 2.09. The van der Waals surface area contributed by atoms with Gasteiger partial charge in [0, 0.05) is 9.61 Å². The Hall–Kier alpha value is -0.250. The van der Waals surface area contributed by atoms with E-state index in [9.17, 15) is 0 Å². The van der Waals surface area contributed by atoms with Crippen LogP contribution >= 0.6 is 22.6 Å². The molecule has 0 aliphatic rings. The van der Waals surface area contributed by atoms with Gasteiger partial charge in [0.05, 0.1) is 0 Å². The molecule has 0 saturated heterocycles. The maximum absolute atomic E-state index is 5.59. The minimum atomic E-state index is 0.543. The van der Waals surface area contributed by atoms with Gasteiger partial charge in [-0.25, -0.2) is 0 Å². The fourth-order valence-corrected chi connectivity index (χ4v) is 1.19. The lowest BCUT2D eigenvalue weighted by Gasteiger charge is -2.02. The fourth-order valence-electron chi connectivity index (χ4n) is 0.806. The molecule has 1 nitrogen and oxygen atoms in total. The molecule has 0 radical (unpaired) electrons. The lowest BCUT2D eigenvalue weighted by atomic mass is 10.1. The van der Waals surface area contributed by atoms with Crippen LogP contribution in [0.25, 0.3) is 0 Å². The van der Waals surface area contributed by atoms with Gasteiger partial charge in [0.1, 0.15) is 0 Å². The van der Waals surface area contributed by atoms with Gasteiger partial charge in [0.25, 0.3) is 0 Å². The highest BCUT2D eigenvalue weighted by Gasteiger charge is 1.98. The van der Waals surface area contributed by atoms with Crippen LogP contribution in [-0.2, 0) is 0 Å². The van der Waals surface area contributed by atoms with E-state index in [1.807, 2.05) is 18.2 Å². The SMILES string of the molecule is C[C@H](I)c1cccc(N)c1. The van der Waals surface area contributed by atoms with Gasteiger partial charge in [-0.1, -0.05) is 34.7 Å². The largest absolute Gasteiger partial charge is 0.399 e. The average Bonchev–Trinajstić information content (AvgIpc) is 1.88. The van der Waals surface area contributed by atoms with Gasteiger partial charge in [-0.2, -0.15) is 0 Å². The van der Waals surface area contributed by atoms with E-state index in [0.29, 0.717) is 3.92 Å². The monoisotopic (exact) mass is 247 g/mol. The Balaban J connectivity index is 2.96. The molecule has 0 aliphatic heterocycles. The predicted molar refractivity (Wildman–Crippen MR) is 53.3 cm³/mol. The van der Waals surface area contributed by atoms with Gasteiger partial charge in [0.2, 0.25) is 0 Å². The summed E-state index contributed by atoms with van der Waals surface area (Å²) >= 11 is 2.37. The maximum atomic E-state index is 5.59. The lowest BCUT2D eigenvalue weighted by Crippen LogP contribution is -1.87. The molecular formula is C8H10IN. The Kier molecular flexibility index (Phi) is 2.54. The van der Waals surface area contributed by atoms with E-state index in [1.165, 1.54) is 5.56 Å². The molecule has 0 aromatic heterocycles. The van der Waals surface area contributed by atoms with Gasteiger partial charge >= 0.3 is 0 Å². The molecule has 0 bridgehead atoms. The molecule has 0 fully saturated rings. The molecule has 1 rings (SSSR count). The van der Waals surface area contributed by atoms with E-state index in [1.54, 1.807) is 0 Å². The maximum Gasteiger partial charge on any atom is 0.0332 e. The molecule has 2 heteroatoms. The number of anilines is 1. The molecule has 0 unspecified atom stereocenters. The van der Waals surface area contributed by atoms with Crippen LogP contribution in [0, 0.1) is 0 Å². The zero-order valence-electron chi connectivity index (χ0n) is 5.84. The summed E-state index contributed by atoms with van der Waals surface area (Å²) in [5.74, 6) is 0. The topological polar surface area (TPSA) is 26.0 Å². The Bertz CT molecular complexity index is 220. The first kappa shape index (κ1) is 7.85. The van der Waals surface area contributed by atoms with Crippen molar-refractivity contribution >= 4 is 28.3 Å². The molecule has 0 amide bonds. The normalized spacial score (nSPS) is 13.0. The highest BCUT2D eigenvalue weighted by Crippen LogP contribution is 2.23. The Morgan fingerprint density at radius 2 is 2.20 bits per heavy atom. The first-order valence-electron chi connectivity index (χ1n) is 3.19. The van der Waals surface area contributed by atoms with Crippen LogP contribution in [0.3, 0.4) is 0 Å². The Morgan fingerprint density at radius 1 is 1.50 bits per heavy atom. The molecule has 1 aromatic rings. The van der Waals surface area contributed by atoms with E-state index in [2.05, 4.69) is 35.6 Å². The Labute approximate surface area is 74.8 Å². The van der Waals surface area contributed by atoms with Crippen molar-refractivity contribution in [1.29, 1.82) is 0 Å². The van der Waals surface area contributed by atoms with Crippen LogP contribution in [0.1, 0.15) is 16.4 Å². The predicted octanol–water partition coefficient (Wildman–Crippen LogP) is 2.76. The summed E-state index contributed by atoms with van der Waals surface area (Å²) in [5, 5.41) is 0. The van der Waals surface area contributed by atoms with Crippen LogP contribution in [0.2, 0.25) is 0 Å². The first-order chi connectivity index (χ1) is 4.70. The first-order valence-corrected chi connectivity index (χ1v) is 4.44. The minimum Gasteiger partial charge on any atom is -0.399 e. The van der Waals surface area contributed by atoms with E-state index >= 15 is 0 Å². The molecule has 54 valence electrons. The smallest absolute Gasteiger partial charge is 0.0332 e. The molecule has 1 aromatic carbocycles. The van der Waals surface area contributed by atoms with Crippen LogP contribution in [0.4, 0.5) is 5.69 Å². The van der Waals surface area contributed by atoms with Crippen molar-refractivity contribution in [2.75, 3.05) is 5.73 Å². The summed E-state index contributed by atoms with van der Waals surface area (Å²) in [7, 11) is 0. The fraction of sp³-hybridized carbons (Fsp3) is 0.250. The van der Waals surface area contributed by atoms with Crippen molar-refractivity contribution in [2.24, 2.45) is 0 Å². The van der Waals surface area contributed by atoms with E-state index < -0.39 is 0 Å². The highest BCUT2D eigenvalue weighted by molar-refractivity contribution is 14.1. The van der Waals surface area contributed by atoms with Gasteiger partial charge in [-0.05, 0) is 24.6 Å². The second-order valence-corrected chi connectivity index (χ2v) is 4.15. The minimum absolute atomic E-state index is 0.543. The second-order valence-electron chi connectivity index (χ2n) is 2.29. The summed E-state index contributed by atoms with van der Waals surface area (Å²) in [6.45, 7) is 2.15. The van der Waals surface area contributed by atoms with Crippen molar-refractivity contribution in [3.05, 3.63) is 29.8 Å². The van der Waals surface area contributed by atoms with Crippen molar-refractivity contribution in [3.63, 3.8) is 0 Å². The molecular weight excluding hydrogens is 237 g/mol. The van der Waals surface area contributed by atoms with Gasteiger partial charge in [-0.15, -0.1) is 0 Å². The number of hydrogen-bond donors (Lipinski definition) is 1. The average molecular weight is 247 g/mol. The van der Waals surface area contributed by atoms with Crippen molar-refractivity contribution in [1.82, 2.24) is 0 Å². The van der Waals surface area contributed by atoms with Crippen LogP contribution < -0.4 is 5.73 Å². The molecule has 1 atom stereocenters. The van der Waals surface area contributed by atoms with Gasteiger partial charge < -0.3 is 5.73 Å². The zero-order chi connectivity index (χ0) is 7.56. The third kappa shape index (κ3) is 1.87. The van der Waals surface area contributed by atoms with Crippen molar-refractivity contribution in [2.45, 2.75) is 10.8 Å². The summed E-state index contributed by atoms with van der Waals surface area (Å²) in [6, 6.07) is 7.99. The number of rotatable bonds is 1.